The maximum absolute atomic E-state index is 9.55. The van der Waals surface area contributed by atoms with E-state index in [0.29, 0.717) is 18.8 Å². The van der Waals surface area contributed by atoms with Crippen LogP contribution in [0.25, 0.3) is 0 Å². The highest BCUT2D eigenvalue weighted by Crippen LogP contribution is 2.27. The summed E-state index contributed by atoms with van der Waals surface area (Å²) in [7, 11) is 0. The molecule has 1 aliphatic heterocycles. The van der Waals surface area contributed by atoms with Gasteiger partial charge >= 0.3 is 11.9 Å². The largest absolute Gasteiger partial charge is 0.478 e. The average Bonchev–Trinajstić information content (AvgIpc) is 2.92. The molecule has 4 rings (SSSR count). The van der Waals surface area contributed by atoms with Crippen LogP contribution in [-0.2, 0) is 14.3 Å². The van der Waals surface area contributed by atoms with E-state index < -0.39 is 11.9 Å². The van der Waals surface area contributed by atoms with Crippen molar-refractivity contribution in [3.8, 4) is 0 Å². The topological polar surface area (TPSA) is 90.3 Å². The lowest BCUT2D eigenvalue weighted by atomic mass is 10.0. The van der Waals surface area contributed by atoms with Crippen molar-refractivity contribution in [1.29, 1.82) is 0 Å². The first kappa shape index (κ1) is 27.9. The zero-order valence-electron chi connectivity index (χ0n) is 20.4. The van der Waals surface area contributed by atoms with E-state index in [1.807, 2.05) is 18.2 Å². The summed E-state index contributed by atoms with van der Waals surface area (Å²) in [6, 6.07) is 29.0. The molecule has 0 amide bonds. The van der Waals surface area contributed by atoms with Crippen molar-refractivity contribution >= 4 is 29.2 Å². The zero-order valence-corrected chi connectivity index (χ0v) is 21.2. The smallest absolute Gasteiger partial charge is 0.328 e. The van der Waals surface area contributed by atoms with Crippen LogP contribution in [0.3, 0.4) is 0 Å². The molecule has 0 aromatic heterocycles. The first-order valence-electron chi connectivity index (χ1n) is 12.0. The molecular formula is C29H31ClN2O5. The fourth-order valence-electron chi connectivity index (χ4n) is 3.96. The summed E-state index contributed by atoms with van der Waals surface area (Å²) < 4.78 is 6.37. The highest BCUT2D eigenvalue weighted by atomic mass is 35.5. The highest BCUT2D eigenvalue weighted by molar-refractivity contribution is 6.30. The average molecular weight is 523 g/mol. The maximum Gasteiger partial charge on any atom is 0.328 e. The monoisotopic (exact) mass is 522 g/mol. The summed E-state index contributed by atoms with van der Waals surface area (Å²) >= 11 is 6.07. The van der Waals surface area contributed by atoms with Crippen molar-refractivity contribution < 1.29 is 24.5 Å². The normalized spacial score (nSPS) is 14.6. The van der Waals surface area contributed by atoms with Crippen LogP contribution in [0.15, 0.2) is 97.1 Å². The lowest BCUT2D eigenvalue weighted by Crippen LogP contribution is -2.47. The number of para-hydroxylation sites is 1. The summed E-state index contributed by atoms with van der Waals surface area (Å²) in [5.74, 6) is -2.51. The van der Waals surface area contributed by atoms with Gasteiger partial charge in [0.25, 0.3) is 0 Å². The molecule has 8 heteroatoms. The Morgan fingerprint density at radius 3 is 1.84 bits per heavy atom. The number of hydrogen-bond donors (Lipinski definition) is 2. The summed E-state index contributed by atoms with van der Waals surface area (Å²) in [6.07, 6.45) is 1.05. The standard InChI is InChI=1S/C25H27ClN2O.C4H4O4/c26-23-13-11-22(12-14-23)25(21-7-3-1-4-8-21)29-20-19-27-15-17-28(18-16-27)24-9-5-2-6-10-24;5-3(6)1-2-4(7)8/h1-14,25H,15-20H2;1-2H,(H,5,6)(H,7,8)/b;2-1-. The lowest BCUT2D eigenvalue weighted by Gasteiger charge is -2.36. The van der Waals surface area contributed by atoms with E-state index in [9.17, 15) is 9.59 Å². The number of carboxylic acid groups (broad SMARTS) is 2. The molecule has 3 aromatic rings. The third-order valence-electron chi connectivity index (χ3n) is 5.83. The summed E-state index contributed by atoms with van der Waals surface area (Å²) in [6.45, 7) is 5.89. The highest BCUT2D eigenvalue weighted by Gasteiger charge is 2.19. The quantitative estimate of drug-likeness (QED) is 0.383. The first-order valence-corrected chi connectivity index (χ1v) is 12.4. The molecule has 1 heterocycles. The fourth-order valence-corrected chi connectivity index (χ4v) is 4.09. The number of aliphatic carboxylic acids is 2. The van der Waals surface area contributed by atoms with Crippen LogP contribution in [0.5, 0.6) is 0 Å². The molecule has 194 valence electrons. The number of nitrogens with zero attached hydrogens (tertiary/aromatic N) is 2. The molecule has 1 fully saturated rings. The molecule has 0 radical (unpaired) electrons. The van der Waals surface area contributed by atoms with Crippen LogP contribution < -0.4 is 4.90 Å². The molecule has 37 heavy (non-hydrogen) atoms. The molecule has 1 aliphatic rings. The van der Waals surface area contributed by atoms with Gasteiger partial charge in [0, 0.05) is 55.6 Å². The number of carbonyl (C=O) groups is 2. The third-order valence-corrected chi connectivity index (χ3v) is 6.08. The van der Waals surface area contributed by atoms with Crippen LogP contribution in [0.1, 0.15) is 17.2 Å². The summed E-state index contributed by atoms with van der Waals surface area (Å²) in [5, 5.41) is 16.4. The van der Waals surface area contributed by atoms with E-state index in [1.165, 1.54) is 11.3 Å². The van der Waals surface area contributed by atoms with Gasteiger partial charge in [-0.1, -0.05) is 72.3 Å². The Morgan fingerprint density at radius 2 is 1.30 bits per heavy atom. The molecule has 7 nitrogen and oxygen atoms in total. The van der Waals surface area contributed by atoms with Gasteiger partial charge in [0.05, 0.1) is 6.61 Å². The Balaban J connectivity index is 0.000000414. The predicted octanol–water partition coefficient (Wildman–Crippen LogP) is 4.98. The maximum atomic E-state index is 9.55. The van der Waals surface area contributed by atoms with E-state index in [4.69, 9.17) is 26.6 Å². The van der Waals surface area contributed by atoms with Crippen molar-refractivity contribution in [2.45, 2.75) is 6.10 Å². The molecule has 1 saturated heterocycles. The lowest BCUT2D eigenvalue weighted by molar-refractivity contribution is -0.134. The Labute approximate surface area is 222 Å². The molecule has 3 aromatic carbocycles. The molecule has 0 spiro atoms. The second kappa shape index (κ2) is 14.8. The van der Waals surface area contributed by atoms with Crippen LogP contribution in [-0.4, -0.2) is 66.4 Å². The minimum absolute atomic E-state index is 0.0703. The van der Waals surface area contributed by atoms with Crippen molar-refractivity contribution in [1.82, 2.24) is 4.90 Å². The van der Waals surface area contributed by atoms with Gasteiger partial charge in [-0.05, 0) is 35.4 Å². The van der Waals surface area contributed by atoms with Gasteiger partial charge in [0.1, 0.15) is 6.10 Å². The Hall–Kier alpha value is -3.65. The molecule has 0 aliphatic carbocycles. The van der Waals surface area contributed by atoms with Crippen LogP contribution in [0.2, 0.25) is 5.02 Å². The van der Waals surface area contributed by atoms with Gasteiger partial charge < -0.3 is 19.8 Å². The van der Waals surface area contributed by atoms with Crippen molar-refractivity contribution in [2.75, 3.05) is 44.2 Å². The van der Waals surface area contributed by atoms with Crippen LogP contribution in [0.4, 0.5) is 5.69 Å². The van der Waals surface area contributed by atoms with Crippen molar-refractivity contribution in [2.24, 2.45) is 0 Å². The number of piperazine rings is 1. The molecular weight excluding hydrogens is 492 g/mol. The van der Waals surface area contributed by atoms with Gasteiger partial charge in [0.15, 0.2) is 0 Å². The van der Waals surface area contributed by atoms with Crippen molar-refractivity contribution in [3.63, 3.8) is 0 Å². The van der Waals surface area contributed by atoms with E-state index in [1.54, 1.807) is 0 Å². The number of ether oxygens (including phenoxy) is 1. The van der Waals surface area contributed by atoms with Crippen LogP contribution in [0, 0.1) is 0 Å². The number of hydrogen-bond acceptors (Lipinski definition) is 5. The minimum Gasteiger partial charge on any atom is -0.478 e. The van der Waals surface area contributed by atoms with E-state index >= 15 is 0 Å². The molecule has 0 bridgehead atoms. The molecule has 2 N–H and O–H groups in total. The summed E-state index contributed by atoms with van der Waals surface area (Å²) in [5.41, 5.74) is 3.62. The number of anilines is 1. The van der Waals surface area contributed by atoms with Gasteiger partial charge in [-0.2, -0.15) is 0 Å². The number of rotatable bonds is 9. The molecule has 0 saturated carbocycles. The van der Waals surface area contributed by atoms with Gasteiger partial charge in [-0.25, -0.2) is 9.59 Å². The van der Waals surface area contributed by atoms with Gasteiger partial charge in [-0.3, -0.25) is 4.90 Å². The van der Waals surface area contributed by atoms with E-state index in [2.05, 4.69) is 76.5 Å². The number of carboxylic acids is 2. The van der Waals surface area contributed by atoms with E-state index in [0.717, 1.165) is 43.3 Å². The first-order chi connectivity index (χ1) is 17.9. The van der Waals surface area contributed by atoms with E-state index in [-0.39, 0.29) is 6.10 Å². The van der Waals surface area contributed by atoms with Gasteiger partial charge in [0.2, 0.25) is 0 Å². The Kier molecular flexibility index (Phi) is 11.2. The SMILES string of the molecule is Clc1ccc(C(OCCN2CCN(c3ccccc3)CC2)c2ccccc2)cc1.O=C(O)/C=C\C(=O)O. The number of halogens is 1. The molecule has 1 atom stereocenters. The second-order valence-corrected chi connectivity index (χ2v) is 8.82. The Morgan fingerprint density at radius 1 is 0.784 bits per heavy atom. The fraction of sp³-hybridized carbons (Fsp3) is 0.241. The van der Waals surface area contributed by atoms with Crippen LogP contribution >= 0.6 is 11.6 Å². The molecule has 1 unspecified atom stereocenters. The summed E-state index contributed by atoms with van der Waals surface area (Å²) in [4.78, 5) is 24.1. The second-order valence-electron chi connectivity index (χ2n) is 8.39. The predicted molar refractivity (Wildman–Crippen MR) is 145 cm³/mol. The van der Waals surface area contributed by atoms with Crippen molar-refractivity contribution in [3.05, 3.63) is 113 Å². The Bertz CT molecular complexity index is 1120. The zero-order chi connectivity index (χ0) is 26.5. The number of benzene rings is 3. The minimum atomic E-state index is -1.26. The third kappa shape index (κ3) is 9.73. The van der Waals surface area contributed by atoms with Gasteiger partial charge in [-0.15, -0.1) is 0 Å².